The molecular formula is C19H13BrN2O. The lowest BCUT2D eigenvalue weighted by Gasteiger charge is -2.07. The van der Waals surface area contributed by atoms with Crippen LogP contribution in [0.3, 0.4) is 0 Å². The average molecular weight is 365 g/mol. The molecule has 1 aromatic heterocycles. The van der Waals surface area contributed by atoms with Gasteiger partial charge in [0.1, 0.15) is 10.4 Å². The van der Waals surface area contributed by atoms with Gasteiger partial charge in [-0.15, -0.1) is 0 Å². The molecule has 0 saturated carbocycles. The van der Waals surface area contributed by atoms with E-state index in [0.29, 0.717) is 16.0 Å². The second-order valence-corrected chi connectivity index (χ2v) is 6.32. The Bertz CT molecular complexity index is 921. The van der Waals surface area contributed by atoms with Gasteiger partial charge in [0.2, 0.25) is 0 Å². The predicted octanol–water partition coefficient (Wildman–Crippen LogP) is 4.67. The number of hydrogen-bond donors (Lipinski definition) is 1. The molecule has 2 aromatic carbocycles. The molecule has 4 heteroatoms. The first-order valence-corrected chi connectivity index (χ1v) is 8.15. The molecule has 0 saturated heterocycles. The zero-order chi connectivity index (χ0) is 15.8. The Morgan fingerprint density at radius 3 is 2.65 bits per heavy atom. The number of nitrogens with one attached hydrogen (secondary N) is 1. The Hall–Kier alpha value is -2.46. The van der Waals surface area contributed by atoms with Crippen LogP contribution in [-0.2, 0) is 6.42 Å². The predicted molar refractivity (Wildman–Crippen MR) is 94.6 cm³/mol. The molecule has 0 aliphatic heterocycles. The van der Waals surface area contributed by atoms with Gasteiger partial charge in [-0.3, -0.25) is 4.79 Å². The van der Waals surface area contributed by atoms with Gasteiger partial charge in [0.25, 0.3) is 5.91 Å². The number of fused-ring (bicyclic) bond motifs is 3. The fourth-order valence-corrected chi connectivity index (χ4v) is 3.30. The Morgan fingerprint density at radius 2 is 1.78 bits per heavy atom. The molecule has 1 aliphatic carbocycles. The number of hydrogen-bond acceptors (Lipinski definition) is 2. The van der Waals surface area contributed by atoms with Crippen molar-refractivity contribution in [2.45, 2.75) is 6.42 Å². The van der Waals surface area contributed by atoms with E-state index in [-0.39, 0.29) is 5.91 Å². The highest BCUT2D eigenvalue weighted by atomic mass is 79.9. The second kappa shape index (κ2) is 5.63. The summed E-state index contributed by atoms with van der Waals surface area (Å²) in [7, 11) is 0. The van der Waals surface area contributed by atoms with Crippen LogP contribution in [0.5, 0.6) is 0 Å². The minimum absolute atomic E-state index is 0.144. The molecule has 0 unspecified atom stereocenters. The lowest BCUT2D eigenvalue weighted by Crippen LogP contribution is -2.13. The maximum absolute atomic E-state index is 12.4. The molecule has 1 amide bonds. The number of carbonyl (C=O) groups excluding carboxylic acids is 1. The van der Waals surface area contributed by atoms with Crippen LogP contribution in [0, 0.1) is 0 Å². The minimum atomic E-state index is -0.144. The lowest BCUT2D eigenvalue weighted by molar-refractivity contribution is 0.102. The summed E-state index contributed by atoms with van der Waals surface area (Å²) in [5.41, 5.74) is 5.65. The third kappa shape index (κ3) is 2.66. The summed E-state index contributed by atoms with van der Waals surface area (Å²) in [6.45, 7) is 0. The number of carbonyl (C=O) groups is 1. The summed E-state index contributed by atoms with van der Waals surface area (Å²) in [4.78, 5) is 16.7. The van der Waals surface area contributed by atoms with Gasteiger partial charge in [-0.05, 0) is 68.9 Å². The van der Waals surface area contributed by atoms with E-state index in [4.69, 9.17) is 0 Å². The van der Waals surface area contributed by atoms with Crippen LogP contribution in [0.15, 0.2) is 65.3 Å². The number of halogens is 1. The van der Waals surface area contributed by atoms with Gasteiger partial charge < -0.3 is 5.32 Å². The first-order chi connectivity index (χ1) is 11.2. The van der Waals surface area contributed by atoms with Crippen molar-refractivity contribution in [2.75, 3.05) is 5.32 Å². The maximum Gasteiger partial charge on any atom is 0.256 e. The van der Waals surface area contributed by atoms with Crippen molar-refractivity contribution in [3.05, 3.63) is 82.0 Å². The summed E-state index contributed by atoms with van der Waals surface area (Å²) in [5, 5.41) is 2.83. The molecule has 4 rings (SSSR count). The molecule has 1 N–H and O–H groups in total. The number of aromatic nitrogens is 1. The van der Waals surface area contributed by atoms with Crippen molar-refractivity contribution in [3.63, 3.8) is 0 Å². The second-order valence-electron chi connectivity index (χ2n) is 5.51. The SMILES string of the molecule is O=C(Nc1cccc(Br)n1)c1ccc2c(c1)Cc1ccccc1-2. The molecule has 0 atom stereocenters. The van der Waals surface area contributed by atoms with E-state index in [1.807, 2.05) is 36.4 Å². The topological polar surface area (TPSA) is 42.0 Å². The van der Waals surface area contributed by atoms with Gasteiger partial charge in [0.05, 0.1) is 0 Å². The van der Waals surface area contributed by atoms with Crippen LogP contribution < -0.4 is 5.32 Å². The highest BCUT2D eigenvalue weighted by Crippen LogP contribution is 2.36. The summed E-state index contributed by atoms with van der Waals surface area (Å²) in [5.74, 6) is 0.391. The highest BCUT2D eigenvalue weighted by Gasteiger charge is 2.19. The van der Waals surface area contributed by atoms with Crippen LogP contribution in [0.2, 0.25) is 0 Å². The van der Waals surface area contributed by atoms with Crippen molar-refractivity contribution in [1.29, 1.82) is 0 Å². The van der Waals surface area contributed by atoms with Gasteiger partial charge in [0, 0.05) is 5.56 Å². The molecule has 112 valence electrons. The Kier molecular flexibility index (Phi) is 3.46. The maximum atomic E-state index is 12.4. The highest BCUT2D eigenvalue weighted by molar-refractivity contribution is 9.10. The van der Waals surface area contributed by atoms with E-state index in [1.54, 1.807) is 6.07 Å². The molecule has 3 aromatic rings. The van der Waals surface area contributed by atoms with Crippen molar-refractivity contribution >= 4 is 27.7 Å². The number of pyridine rings is 1. The summed E-state index contributed by atoms with van der Waals surface area (Å²) >= 11 is 3.30. The molecule has 1 aliphatic rings. The molecule has 23 heavy (non-hydrogen) atoms. The fraction of sp³-hybridized carbons (Fsp3) is 0.0526. The van der Waals surface area contributed by atoms with Crippen LogP contribution in [0.25, 0.3) is 11.1 Å². The van der Waals surface area contributed by atoms with E-state index >= 15 is 0 Å². The Labute approximate surface area is 142 Å². The molecule has 3 nitrogen and oxygen atoms in total. The quantitative estimate of drug-likeness (QED) is 0.525. The van der Waals surface area contributed by atoms with E-state index < -0.39 is 0 Å². The molecular weight excluding hydrogens is 352 g/mol. The Morgan fingerprint density at radius 1 is 0.957 bits per heavy atom. The average Bonchev–Trinajstić information content (AvgIpc) is 2.92. The van der Waals surface area contributed by atoms with Crippen LogP contribution in [0.1, 0.15) is 21.5 Å². The molecule has 0 fully saturated rings. The van der Waals surface area contributed by atoms with Crippen LogP contribution in [0.4, 0.5) is 5.82 Å². The number of nitrogens with zero attached hydrogens (tertiary/aromatic N) is 1. The number of benzene rings is 2. The fourth-order valence-electron chi connectivity index (χ4n) is 2.95. The third-order valence-electron chi connectivity index (χ3n) is 4.01. The number of anilines is 1. The minimum Gasteiger partial charge on any atom is -0.307 e. The van der Waals surface area contributed by atoms with Gasteiger partial charge in [-0.2, -0.15) is 0 Å². The molecule has 1 heterocycles. The van der Waals surface area contributed by atoms with Crippen molar-refractivity contribution in [3.8, 4) is 11.1 Å². The largest absolute Gasteiger partial charge is 0.307 e. The van der Waals surface area contributed by atoms with E-state index in [0.717, 1.165) is 6.42 Å². The van der Waals surface area contributed by atoms with Crippen molar-refractivity contribution < 1.29 is 4.79 Å². The summed E-state index contributed by atoms with van der Waals surface area (Å²) in [6, 6.07) is 19.7. The van der Waals surface area contributed by atoms with Gasteiger partial charge in [-0.25, -0.2) is 4.98 Å². The van der Waals surface area contributed by atoms with Crippen molar-refractivity contribution in [1.82, 2.24) is 4.98 Å². The lowest BCUT2D eigenvalue weighted by atomic mass is 10.0. The standard InChI is InChI=1S/C19H13BrN2O/c20-17-6-3-7-18(21-17)22-19(23)13-8-9-16-14(11-13)10-12-4-1-2-5-15(12)16/h1-9,11H,10H2,(H,21,22,23). The number of rotatable bonds is 2. The first-order valence-electron chi connectivity index (χ1n) is 7.36. The van der Waals surface area contributed by atoms with E-state index in [9.17, 15) is 4.79 Å². The summed E-state index contributed by atoms with van der Waals surface area (Å²) < 4.78 is 0.694. The van der Waals surface area contributed by atoms with Gasteiger partial charge >= 0.3 is 0 Å². The first kappa shape index (κ1) is 14.2. The Balaban J connectivity index is 1.62. The van der Waals surface area contributed by atoms with Gasteiger partial charge in [-0.1, -0.05) is 36.4 Å². The van der Waals surface area contributed by atoms with Crippen molar-refractivity contribution in [2.24, 2.45) is 0 Å². The molecule has 0 bridgehead atoms. The third-order valence-corrected chi connectivity index (χ3v) is 4.45. The molecule has 0 radical (unpaired) electrons. The monoisotopic (exact) mass is 364 g/mol. The number of amides is 1. The van der Waals surface area contributed by atoms with E-state index in [1.165, 1.54) is 22.3 Å². The van der Waals surface area contributed by atoms with Crippen LogP contribution >= 0.6 is 15.9 Å². The smallest absolute Gasteiger partial charge is 0.256 e. The normalized spacial score (nSPS) is 11.7. The van der Waals surface area contributed by atoms with E-state index in [2.05, 4.69) is 44.4 Å². The zero-order valence-corrected chi connectivity index (χ0v) is 13.8. The van der Waals surface area contributed by atoms with Gasteiger partial charge in [0.15, 0.2) is 0 Å². The zero-order valence-electron chi connectivity index (χ0n) is 12.2. The summed E-state index contributed by atoms with van der Waals surface area (Å²) in [6.07, 6.45) is 0.877. The van der Waals surface area contributed by atoms with Crippen LogP contribution in [-0.4, -0.2) is 10.9 Å². The molecule has 0 spiro atoms.